The van der Waals surface area contributed by atoms with Crippen LogP contribution in [0.25, 0.3) is 17.4 Å². The highest BCUT2D eigenvalue weighted by Gasteiger charge is 2.31. The summed E-state index contributed by atoms with van der Waals surface area (Å²) in [7, 11) is 1.57. The third-order valence-electron chi connectivity index (χ3n) is 4.47. The second-order valence-electron chi connectivity index (χ2n) is 6.36. The van der Waals surface area contributed by atoms with Gasteiger partial charge in [-0.15, -0.1) is 0 Å². The van der Waals surface area contributed by atoms with Crippen molar-refractivity contribution >= 4 is 40.3 Å². The van der Waals surface area contributed by atoms with Crippen molar-refractivity contribution in [3.05, 3.63) is 77.0 Å². The molecule has 0 aliphatic carbocycles. The molecule has 29 heavy (non-hydrogen) atoms. The van der Waals surface area contributed by atoms with Crippen molar-refractivity contribution in [2.24, 2.45) is 0 Å². The lowest BCUT2D eigenvalue weighted by molar-refractivity contribution is -0.122. The van der Waals surface area contributed by atoms with E-state index in [9.17, 15) is 4.79 Å². The number of rotatable bonds is 6. The van der Waals surface area contributed by atoms with Crippen molar-refractivity contribution < 1.29 is 13.9 Å². The number of thioether (sulfide) groups is 1. The Morgan fingerprint density at radius 2 is 2.00 bits per heavy atom. The highest BCUT2D eigenvalue weighted by molar-refractivity contribution is 8.26. The van der Waals surface area contributed by atoms with E-state index in [4.69, 9.17) is 21.4 Å². The molecule has 4 rings (SSSR count). The van der Waals surface area contributed by atoms with Crippen LogP contribution in [0.4, 0.5) is 0 Å². The van der Waals surface area contributed by atoms with Crippen LogP contribution >= 0.6 is 24.0 Å². The number of nitrogens with zero attached hydrogens (tertiary/aromatic N) is 2. The highest BCUT2D eigenvalue weighted by Crippen LogP contribution is 2.33. The van der Waals surface area contributed by atoms with Gasteiger partial charge < -0.3 is 9.15 Å². The first kappa shape index (κ1) is 19.4. The molecule has 0 unspecified atom stereocenters. The lowest BCUT2D eigenvalue weighted by atomic mass is 10.1. The molecule has 2 aromatic heterocycles. The van der Waals surface area contributed by atoms with Crippen molar-refractivity contribution in [3.63, 3.8) is 0 Å². The molecule has 0 saturated carbocycles. The van der Waals surface area contributed by atoms with Gasteiger partial charge in [-0.05, 0) is 30.2 Å². The van der Waals surface area contributed by atoms with Gasteiger partial charge in [0.15, 0.2) is 0 Å². The predicted molar refractivity (Wildman–Crippen MR) is 119 cm³/mol. The highest BCUT2D eigenvalue weighted by atomic mass is 32.2. The maximum Gasteiger partial charge on any atom is 0.266 e. The maximum atomic E-state index is 12.8. The normalized spacial score (nSPS) is 15.3. The van der Waals surface area contributed by atoms with Crippen LogP contribution in [0.3, 0.4) is 0 Å². The van der Waals surface area contributed by atoms with Gasteiger partial charge in [-0.1, -0.05) is 54.3 Å². The summed E-state index contributed by atoms with van der Waals surface area (Å²) in [4.78, 5) is 19.2. The van der Waals surface area contributed by atoms with Crippen molar-refractivity contribution in [2.45, 2.75) is 6.42 Å². The van der Waals surface area contributed by atoms with Gasteiger partial charge in [-0.2, -0.15) is 0 Å². The van der Waals surface area contributed by atoms with Gasteiger partial charge in [0.1, 0.15) is 15.8 Å². The van der Waals surface area contributed by atoms with Gasteiger partial charge in [-0.3, -0.25) is 9.69 Å². The Kier molecular flexibility index (Phi) is 5.78. The van der Waals surface area contributed by atoms with E-state index in [1.54, 1.807) is 30.3 Å². The standard InChI is InChI=1S/C22H18N2O3S2/c1-26-20-10-7-16(14-23-20)18-9-8-17(27-18)13-19-21(25)24(22(28)29-19)12-11-15-5-3-2-4-6-15/h2-10,13-14H,11-12H2,1H3/b19-13-. The molecule has 1 aromatic carbocycles. The number of methoxy groups -OCH3 is 1. The fraction of sp³-hybridized carbons (Fsp3) is 0.136. The minimum absolute atomic E-state index is 0.0833. The fourth-order valence-corrected chi connectivity index (χ4v) is 4.23. The van der Waals surface area contributed by atoms with Crippen LogP contribution in [0.1, 0.15) is 11.3 Å². The SMILES string of the molecule is COc1ccc(-c2ccc(/C=C3\SC(=S)N(CCc4ccccc4)C3=O)o2)cn1. The molecule has 1 saturated heterocycles. The lowest BCUT2D eigenvalue weighted by Gasteiger charge is -2.14. The minimum Gasteiger partial charge on any atom is -0.481 e. The summed E-state index contributed by atoms with van der Waals surface area (Å²) in [5.41, 5.74) is 2.01. The van der Waals surface area contributed by atoms with E-state index in [2.05, 4.69) is 4.98 Å². The molecule has 1 aliphatic rings. The number of carbonyl (C=O) groups is 1. The van der Waals surface area contributed by atoms with E-state index in [0.717, 1.165) is 12.0 Å². The van der Waals surface area contributed by atoms with Crippen LogP contribution in [-0.4, -0.2) is 33.8 Å². The summed E-state index contributed by atoms with van der Waals surface area (Å²) in [5.74, 6) is 1.73. The summed E-state index contributed by atoms with van der Waals surface area (Å²) in [6, 6.07) is 17.4. The second kappa shape index (κ2) is 8.63. The van der Waals surface area contributed by atoms with Crippen molar-refractivity contribution in [2.75, 3.05) is 13.7 Å². The van der Waals surface area contributed by atoms with E-state index < -0.39 is 0 Å². The van der Waals surface area contributed by atoms with Crippen LogP contribution in [0, 0.1) is 0 Å². The number of aromatic nitrogens is 1. The summed E-state index contributed by atoms with van der Waals surface area (Å²) >= 11 is 6.71. The average Bonchev–Trinajstić information content (AvgIpc) is 3.32. The molecular weight excluding hydrogens is 404 g/mol. The monoisotopic (exact) mass is 422 g/mol. The zero-order valence-corrected chi connectivity index (χ0v) is 17.3. The van der Waals surface area contributed by atoms with E-state index in [1.807, 2.05) is 48.5 Å². The summed E-state index contributed by atoms with van der Waals surface area (Å²) in [6.45, 7) is 0.562. The number of hydrogen-bond acceptors (Lipinski definition) is 6. The smallest absolute Gasteiger partial charge is 0.266 e. The van der Waals surface area contributed by atoms with Crippen molar-refractivity contribution in [1.29, 1.82) is 0 Å². The van der Waals surface area contributed by atoms with Crippen LogP contribution in [-0.2, 0) is 11.2 Å². The number of hydrogen-bond donors (Lipinski definition) is 0. The number of amides is 1. The van der Waals surface area contributed by atoms with Crippen LogP contribution in [0.15, 0.2) is 70.1 Å². The summed E-state index contributed by atoms with van der Waals surface area (Å²) in [5, 5.41) is 0. The van der Waals surface area contributed by atoms with Crippen LogP contribution in [0.5, 0.6) is 5.88 Å². The van der Waals surface area contributed by atoms with Crippen molar-refractivity contribution in [3.8, 4) is 17.2 Å². The quantitative estimate of drug-likeness (QED) is 0.420. The number of furan rings is 1. The minimum atomic E-state index is -0.0833. The molecule has 1 aliphatic heterocycles. The summed E-state index contributed by atoms with van der Waals surface area (Å²) < 4.78 is 11.5. The number of carbonyl (C=O) groups excluding carboxylic acids is 1. The third-order valence-corrected chi connectivity index (χ3v) is 5.85. The van der Waals surface area contributed by atoms with Crippen LogP contribution in [0.2, 0.25) is 0 Å². The van der Waals surface area contributed by atoms with Gasteiger partial charge in [0.2, 0.25) is 5.88 Å². The summed E-state index contributed by atoms with van der Waals surface area (Å²) in [6.07, 6.45) is 4.18. The molecule has 5 nitrogen and oxygen atoms in total. The number of thiocarbonyl (C=S) groups is 1. The maximum absolute atomic E-state index is 12.8. The lowest BCUT2D eigenvalue weighted by Crippen LogP contribution is -2.30. The van der Waals surface area contributed by atoms with E-state index in [1.165, 1.54) is 17.3 Å². The largest absolute Gasteiger partial charge is 0.481 e. The third kappa shape index (κ3) is 4.41. The molecule has 7 heteroatoms. The second-order valence-corrected chi connectivity index (χ2v) is 8.04. The van der Waals surface area contributed by atoms with E-state index in [0.29, 0.717) is 33.2 Å². The number of pyridine rings is 1. The number of ether oxygens (including phenoxy) is 1. The molecule has 0 bridgehead atoms. The Hall–Kier alpha value is -2.90. The Balaban J connectivity index is 1.46. The Labute approximate surface area is 178 Å². The molecule has 0 N–H and O–H groups in total. The molecule has 1 amide bonds. The Bertz CT molecular complexity index is 1060. The van der Waals surface area contributed by atoms with Crippen molar-refractivity contribution in [1.82, 2.24) is 9.88 Å². The van der Waals surface area contributed by atoms with E-state index >= 15 is 0 Å². The van der Waals surface area contributed by atoms with Gasteiger partial charge in [0, 0.05) is 30.4 Å². The first-order valence-corrected chi connectivity index (χ1v) is 10.3. The average molecular weight is 423 g/mol. The first-order chi connectivity index (χ1) is 14.1. The molecule has 0 spiro atoms. The molecule has 3 aromatic rings. The molecule has 0 atom stereocenters. The van der Waals surface area contributed by atoms with Gasteiger partial charge in [-0.25, -0.2) is 4.98 Å². The molecule has 1 fully saturated rings. The zero-order valence-electron chi connectivity index (χ0n) is 15.7. The zero-order chi connectivity index (χ0) is 20.2. The Morgan fingerprint density at radius 1 is 1.17 bits per heavy atom. The molecule has 3 heterocycles. The topological polar surface area (TPSA) is 55.6 Å². The van der Waals surface area contributed by atoms with Gasteiger partial charge in [0.05, 0.1) is 12.0 Å². The molecular formula is C22H18N2O3S2. The Morgan fingerprint density at radius 3 is 2.72 bits per heavy atom. The molecule has 0 radical (unpaired) electrons. The van der Waals surface area contributed by atoms with Crippen LogP contribution < -0.4 is 4.74 Å². The van der Waals surface area contributed by atoms with E-state index in [-0.39, 0.29) is 5.91 Å². The predicted octanol–water partition coefficient (Wildman–Crippen LogP) is 4.79. The fourth-order valence-electron chi connectivity index (χ4n) is 2.94. The van der Waals surface area contributed by atoms with Gasteiger partial charge >= 0.3 is 0 Å². The molecule has 146 valence electrons. The first-order valence-electron chi connectivity index (χ1n) is 9.03. The van der Waals surface area contributed by atoms with Gasteiger partial charge in [0.25, 0.3) is 5.91 Å². The number of benzene rings is 1.